The number of anilines is 1. The van der Waals surface area contributed by atoms with Crippen LogP contribution in [0.2, 0.25) is 0 Å². The summed E-state index contributed by atoms with van der Waals surface area (Å²) in [4.78, 5) is 3.99. The summed E-state index contributed by atoms with van der Waals surface area (Å²) in [5.74, 6) is 0.585. The lowest BCUT2D eigenvalue weighted by Gasteiger charge is -2.04. The van der Waals surface area contributed by atoms with Crippen LogP contribution >= 0.6 is 15.9 Å². The minimum atomic E-state index is -1.01. The van der Waals surface area contributed by atoms with Crippen molar-refractivity contribution in [1.82, 2.24) is 4.98 Å². The molecule has 1 rings (SSSR count). The Hall–Kier alpha value is -0.420. The van der Waals surface area contributed by atoms with Crippen molar-refractivity contribution < 1.29 is 4.21 Å². The molecular formula is C7H9BrN2OS. The molecule has 1 atom stereocenters. The molecule has 0 saturated heterocycles. The SMILES string of the molecule is CCS(=O)Nc1cccnc1Br. The molecule has 1 unspecified atom stereocenters. The predicted molar refractivity (Wildman–Crippen MR) is 54.2 cm³/mol. The Kier molecular flexibility index (Phi) is 3.68. The lowest BCUT2D eigenvalue weighted by atomic mass is 10.4. The van der Waals surface area contributed by atoms with Crippen LogP contribution < -0.4 is 4.72 Å². The van der Waals surface area contributed by atoms with Crippen molar-refractivity contribution in [3.63, 3.8) is 0 Å². The van der Waals surface area contributed by atoms with Crippen LogP contribution in [0.1, 0.15) is 6.92 Å². The summed E-state index contributed by atoms with van der Waals surface area (Å²) in [5.41, 5.74) is 0.762. The van der Waals surface area contributed by atoms with Crippen LogP contribution in [0.4, 0.5) is 5.69 Å². The minimum Gasteiger partial charge on any atom is -0.303 e. The molecule has 0 spiro atoms. The molecule has 0 aliphatic rings. The first-order valence-corrected chi connectivity index (χ1v) is 5.60. The highest BCUT2D eigenvalue weighted by Gasteiger charge is 2.00. The van der Waals surface area contributed by atoms with Gasteiger partial charge >= 0.3 is 0 Å². The number of nitrogens with zero attached hydrogens (tertiary/aromatic N) is 1. The summed E-state index contributed by atoms with van der Waals surface area (Å²) in [6, 6.07) is 3.62. The molecule has 66 valence electrons. The summed E-state index contributed by atoms with van der Waals surface area (Å²) in [7, 11) is -1.01. The number of hydrogen-bond acceptors (Lipinski definition) is 2. The summed E-state index contributed by atoms with van der Waals surface area (Å²) < 4.78 is 14.6. The van der Waals surface area contributed by atoms with Gasteiger partial charge in [-0.3, -0.25) is 0 Å². The zero-order chi connectivity index (χ0) is 8.97. The molecule has 0 bridgehead atoms. The van der Waals surface area contributed by atoms with Crippen LogP contribution in [0.25, 0.3) is 0 Å². The van der Waals surface area contributed by atoms with Gasteiger partial charge in [-0.1, -0.05) is 6.92 Å². The molecule has 0 amide bonds. The number of halogens is 1. The highest BCUT2D eigenvalue weighted by molar-refractivity contribution is 9.10. The Morgan fingerprint density at radius 2 is 2.50 bits per heavy atom. The zero-order valence-electron chi connectivity index (χ0n) is 6.58. The first kappa shape index (κ1) is 9.67. The molecule has 1 heterocycles. The van der Waals surface area contributed by atoms with Crippen LogP contribution in [0.3, 0.4) is 0 Å². The molecule has 0 aliphatic heterocycles. The molecule has 0 aliphatic carbocycles. The number of hydrogen-bond donors (Lipinski definition) is 1. The molecule has 0 saturated carbocycles. The van der Waals surface area contributed by atoms with E-state index in [4.69, 9.17) is 0 Å². The molecule has 0 radical (unpaired) electrons. The van der Waals surface area contributed by atoms with Crippen molar-refractivity contribution in [2.75, 3.05) is 10.5 Å². The Labute approximate surface area is 82.3 Å². The van der Waals surface area contributed by atoms with Gasteiger partial charge in [-0.05, 0) is 28.1 Å². The van der Waals surface area contributed by atoms with Gasteiger partial charge in [0.15, 0.2) is 0 Å². The molecule has 5 heteroatoms. The second kappa shape index (κ2) is 4.57. The van der Waals surface area contributed by atoms with Crippen molar-refractivity contribution >= 4 is 32.6 Å². The maximum atomic E-state index is 11.1. The van der Waals surface area contributed by atoms with E-state index >= 15 is 0 Å². The van der Waals surface area contributed by atoms with Crippen molar-refractivity contribution in [2.24, 2.45) is 0 Å². The maximum Gasteiger partial charge on any atom is 0.130 e. The van der Waals surface area contributed by atoms with E-state index < -0.39 is 11.0 Å². The fourth-order valence-corrected chi connectivity index (χ4v) is 1.69. The van der Waals surface area contributed by atoms with Crippen LogP contribution in [0, 0.1) is 0 Å². The molecule has 1 aromatic heterocycles. The number of pyridine rings is 1. The Morgan fingerprint density at radius 1 is 1.75 bits per heavy atom. The third-order valence-corrected chi connectivity index (χ3v) is 2.85. The van der Waals surface area contributed by atoms with E-state index in [1.807, 2.05) is 13.0 Å². The largest absolute Gasteiger partial charge is 0.303 e. The van der Waals surface area contributed by atoms with Crippen molar-refractivity contribution in [3.8, 4) is 0 Å². The summed E-state index contributed by atoms with van der Waals surface area (Å²) in [6.45, 7) is 1.85. The smallest absolute Gasteiger partial charge is 0.130 e. The Morgan fingerprint density at radius 3 is 3.08 bits per heavy atom. The van der Waals surface area contributed by atoms with Crippen LogP contribution in [0.5, 0.6) is 0 Å². The van der Waals surface area contributed by atoms with Gasteiger partial charge < -0.3 is 4.72 Å². The molecule has 12 heavy (non-hydrogen) atoms. The molecule has 0 fully saturated rings. The van der Waals surface area contributed by atoms with Crippen LogP contribution in [0.15, 0.2) is 22.9 Å². The van der Waals surface area contributed by atoms with E-state index in [-0.39, 0.29) is 0 Å². The van der Waals surface area contributed by atoms with Crippen LogP contribution in [-0.2, 0) is 11.0 Å². The second-order valence-corrected chi connectivity index (χ2v) is 4.30. The predicted octanol–water partition coefficient (Wildman–Crippen LogP) is 1.94. The second-order valence-electron chi connectivity index (χ2n) is 2.08. The number of nitrogens with one attached hydrogen (secondary N) is 1. The summed E-state index contributed by atoms with van der Waals surface area (Å²) >= 11 is 3.25. The van der Waals surface area contributed by atoms with Gasteiger partial charge in [0.25, 0.3) is 0 Å². The first-order chi connectivity index (χ1) is 5.74. The van der Waals surface area contributed by atoms with E-state index in [0.29, 0.717) is 10.4 Å². The quantitative estimate of drug-likeness (QED) is 0.832. The van der Waals surface area contributed by atoms with Gasteiger partial charge in [-0.25, -0.2) is 9.19 Å². The lowest BCUT2D eigenvalue weighted by molar-refractivity contribution is 0.687. The number of aromatic nitrogens is 1. The van der Waals surface area contributed by atoms with E-state index in [2.05, 4.69) is 25.6 Å². The van der Waals surface area contributed by atoms with Gasteiger partial charge in [0.2, 0.25) is 0 Å². The first-order valence-electron chi connectivity index (χ1n) is 3.49. The maximum absolute atomic E-state index is 11.1. The molecule has 3 nitrogen and oxygen atoms in total. The third-order valence-electron chi connectivity index (χ3n) is 1.25. The highest BCUT2D eigenvalue weighted by Crippen LogP contribution is 2.18. The fraction of sp³-hybridized carbons (Fsp3) is 0.286. The average molecular weight is 249 g/mol. The third kappa shape index (κ3) is 2.57. The Bertz CT molecular complexity index is 292. The summed E-state index contributed by atoms with van der Waals surface area (Å²) in [5, 5.41) is 0. The number of rotatable bonds is 3. The summed E-state index contributed by atoms with van der Waals surface area (Å²) in [6.07, 6.45) is 1.67. The molecule has 0 aromatic carbocycles. The van der Waals surface area contributed by atoms with Gasteiger partial charge in [0.1, 0.15) is 15.6 Å². The fourth-order valence-electron chi connectivity index (χ4n) is 0.657. The monoisotopic (exact) mass is 248 g/mol. The van der Waals surface area contributed by atoms with Gasteiger partial charge in [-0.15, -0.1) is 0 Å². The lowest BCUT2D eigenvalue weighted by Crippen LogP contribution is -2.06. The minimum absolute atomic E-state index is 0.585. The standard InChI is InChI=1S/C7H9BrN2OS/c1-2-12(11)10-6-4-3-5-9-7(6)8/h3-5,10H,2H2,1H3. The average Bonchev–Trinajstić information content (AvgIpc) is 2.09. The highest BCUT2D eigenvalue weighted by atomic mass is 79.9. The zero-order valence-corrected chi connectivity index (χ0v) is 8.98. The van der Waals surface area contributed by atoms with E-state index in [1.54, 1.807) is 12.3 Å². The van der Waals surface area contributed by atoms with E-state index in [1.165, 1.54) is 0 Å². The van der Waals surface area contributed by atoms with Crippen molar-refractivity contribution in [3.05, 3.63) is 22.9 Å². The normalized spacial score (nSPS) is 12.5. The molecular weight excluding hydrogens is 240 g/mol. The Balaban J connectivity index is 2.75. The topological polar surface area (TPSA) is 42.0 Å². The van der Waals surface area contributed by atoms with Crippen LogP contribution in [-0.4, -0.2) is 14.9 Å². The van der Waals surface area contributed by atoms with E-state index in [0.717, 1.165) is 5.69 Å². The van der Waals surface area contributed by atoms with Gasteiger partial charge in [0, 0.05) is 11.9 Å². The van der Waals surface area contributed by atoms with Gasteiger partial charge in [-0.2, -0.15) is 0 Å². The van der Waals surface area contributed by atoms with E-state index in [9.17, 15) is 4.21 Å². The molecule has 1 aromatic rings. The van der Waals surface area contributed by atoms with Crippen molar-refractivity contribution in [1.29, 1.82) is 0 Å². The van der Waals surface area contributed by atoms with Crippen molar-refractivity contribution in [2.45, 2.75) is 6.92 Å². The van der Waals surface area contributed by atoms with Gasteiger partial charge in [0.05, 0.1) is 5.69 Å². The molecule has 1 N–H and O–H groups in total.